The number of carbonyl (C=O) groups is 2. The van der Waals surface area contributed by atoms with Crippen molar-refractivity contribution in [1.82, 2.24) is 9.80 Å². The quantitative estimate of drug-likeness (QED) is 0.892. The molecule has 25 heavy (non-hydrogen) atoms. The van der Waals surface area contributed by atoms with E-state index in [1.165, 1.54) is 5.56 Å². The predicted molar refractivity (Wildman–Crippen MR) is 100 cm³/mol. The summed E-state index contributed by atoms with van der Waals surface area (Å²) in [6, 6.07) is 8.25. The molecule has 0 radical (unpaired) electrons. The molecule has 0 aromatic heterocycles. The van der Waals surface area contributed by atoms with Gasteiger partial charge in [-0.1, -0.05) is 24.3 Å². The van der Waals surface area contributed by atoms with Crippen LogP contribution < -0.4 is 5.73 Å². The number of likely N-dealkylation sites (tertiary alicyclic amines) is 1. The number of halogens is 1. The summed E-state index contributed by atoms with van der Waals surface area (Å²) in [5.41, 5.74) is 8.15. The number of fused-ring (bicyclic) bond motifs is 1. The summed E-state index contributed by atoms with van der Waals surface area (Å²) in [7, 11) is 0. The third-order valence-electron chi connectivity index (χ3n) is 5.50. The number of hydrogen-bond acceptors (Lipinski definition) is 3. The molecule has 1 aromatic carbocycles. The summed E-state index contributed by atoms with van der Waals surface area (Å²) in [5, 5.41) is 0. The largest absolute Gasteiger partial charge is 0.340 e. The third kappa shape index (κ3) is 3.98. The van der Waals surface area contributed by atoms with E-state index in [1.54, 1.807) is 6.92 Å². The third-order valence-corrected chi connectivity index (χ3v) is 5.50. The zero-order chi connectivity index (χ0) is 17.3. The molecule has 0 aliphatic carbocycles. The van der Waals surface area contributed by atoms with E-state index in [-0.39, 0.29) is 36.3 Å². The van der Waals surface area contributed by atoms with Gasteiger partial charge < -0.3 is 15.5 Å². The minimum atomic E-state index is -0.149. The van der Waals surface area contributed by atoms with Crippen LogP contribution in [0, 0.1) is 5.92 Å². The predicted octanol–water partition coefficient (Wildman–Crippen LogP) is 2.14. The van der Waals surface area contributed by atoms with Crippen LogP contribution in [0.4, 0.5) is 0 Å². The summed E-state index contributed by atoms with van der Waals surface area (Å²) < 4.78 is 0. The molecule has 1 aromatic rings. The van der Waals surface area contributed by atoms with E-state index in [9.17, 15) is 9.59 Å². The van der Waals surface area contributed by atoms with Crippen LogP contribution in [-0.4, -0.2) is 47.3 Å². The fourth-order valence-corrected chi connectivity index (χ4v) is 4.19. The highest BCUT2D eigenvalue weighted by Gasteiger charge is 2.36. The molecule has 2 amide bonds. The Hall–Kier alpha value is -1.59. The highest BCUT2D eigenvalue weighted by atomic mass is 35.5. The van der Waals surface area contributed by atoms with E-state index in [1.807, 2.05) is 21.9 Å². The maximum Gasteiger partial charge on any atom is 0.225 e. The number of benzene rings is 1. The first-order chi connectivity index (χ1) is 11.5. The van der Waals surface area contributed by atoms with Crippen LogP contribution in [0.15, 0.2) is 24.3 Å². The summed E-state index contributed by atoms with van der Waals surface area (Å²) in [4.78, 5) is 28.8. The van der Waals surface area contributed by atoms with Gasteiger partial charge in [0, 0.05) is 26.1 Å². The molecule has 0 saturated carbocycles. The van der Waals surface area contributed by atoms with Crippen LogP contribution in [0.5, 0.6) is 0 Å². The average molecular weight is 366 g/mol. The Morgan fingerprint density at radius 3 is 2.60 bits per heavy atom. The Bertz CT molecular complexity index is 637. The SMILES string of the molecule is CC(=O)N1CCc2ccccc2C1CC(=O)N1CC(CN)CC1C.Cl. The van der Waals surface area contributed by atoms with E-state index in [0.717, 1.165) is 24.9 Å². The lowest BCUT2D eigenvalue weighted by atomic mass is 9.90. The smallest absolute Gasteiger partial charge is 0.225 e. The first-order valence-corrected chi connectivity index (χ1v) is 8.85. The second kappa shape index (κ2) is 8.19. The fourth-order valence-electron chi connectivity index (χ4n) is 4.19. The number of amides is 2. The molecule has 3 atom stereocenters. The Kier molecular flexibility index (Phi) is 6.47. The molecule has 0 spiro atoms. The van der Waals surface area contributed by atoms with Crippen molar-refractivity contribution in [3.63, 3.8) is 0 Å². The summed E-state index contributed by atoms with van der Waals surface area (Å²) in [6.07, 6.45) is 2.19. The van der Waals surface area contributed by atoms with Gasteiger partial charge in [0.05, 0.1) is 12.5 Å². The normalized spacial score (nSPS) is 25.3. The van der Waals surface area contributed by atoms with Crippen molar-refractivity contribution in [1.29, 1.82) is 0 Å². The van der Waals surface area contributed by atoms with Crippen molar-refractivity contribution in [2.24, 2.45) is 11.7 Å². The Labute approximate surface area is 155 Å². The second-order valence-electron chi connectivity index (χ2n) is 7.11. The molecule has 138 valence electrons. The van der Waals surface area contributed by atoms with Crippen molar-refractivity contribution >= 4 is 24.2 Å². The Morgan fingerprint density at radius 1 is 1.24 bits per heavy atom. The van der Waals surface area contributed by atoms with Gasteiger partial charge in [-0.05, 0) is 43.4 Å². The molecule has 2 aliphatic heterocycles. The van der Waals surface area contributed by atoms with Crippen molar-refractivity contribution in [2.75, 3.05) is 19.6 Å². The topological polar surface area (TPSA) is 66.6 Å². The Balaban J connectivity index is 0.00000225. The van der Waals surface area contributed by atoms with Crippen molar-refractivity contribution < 1.29 is 9.59 Å². The zero-order valence-electron chi connectivity index (χ0n) is 15.0. The van der Waals surface area contributed by atoms with Crippen LogP contribution in [0.3, 0.4) is 0 Å². The molecule has 1 fully saturated rings. The minimum Gasteiger partial charge on any atom is -0.340 e. The highest BCUT2D eigenvalue weighted by Crippen LogP contribution is 2.34. The van der Waals surface area contributed by atoms with Crippen LogP contribution in [-0.2, 0) is 16.0 Å². The lowest BCUT2D eigenvalue weighted by molar-refractivity contribution is -0.137. The van der Waals surface area contributed by atoms with E-state index in [2.05, 4.69) is 19.1 Å². The molecule has 5 nitrogen and oxygen atoms in total. The van der Waals surface area contributed by atoms with Crippen molar-refractivity contribution in [3.8, 4) is 0 Å². The summed E-state index contributed by atoms with van der Waals surface area (Å²) >= 11 is 0. The monoisotopic (exact) mass is 365 g/mol. The molecule has 3 rings (SSSR count). The lowest BCUT2D eigenvalue weighted by Crippen LogP contribution is -2.43. The molecule has 1 saturated heterocycles. The second-order valence-corrected chi connectivity index (χ2v) is 7.11. The first kappa shape index (κ1) is 19.7. The molecule has 6 heteroatoms. The van der Waals surface area contributed by atoms with E-state index >= 15 is 0 Å². The highest BCUT2D eigenvalue weighted by molar-refractivity contribution is 5.85. The molecule has 3 unspecified atom stereocenters. The summed E-state index contributed by atoms with van der Waals surface area (Å²) in [5.74, 6) is 0.564. The first-order valence-electron chi connectivity index (χ1n) is 8.85. The van der Waals surface area contributed by atoms with Gasteiger partial charge in [-0.15, -0.1) is 12.4 Å². The van der Waals surface area contributed by atoms with E-state index < -0.39 is 0 Å². The lowest BCUT2D eigenvalue weighted by Gasteiger charge is -2.37. The van der Waals surface area contributed by atoms with Gasteiger partial charge in [0.2, 0.25) is 11.8 Å². The van der Waals surface area contributed by atoms with Gasteiger partial charge >= 0.3 is 0 Å². The molecule has 0 bridgehead atoms. The van der Waals surface area contributed by atoms with Gasteiger partial charge in [0.25, 0.3) is 0 Å². The number of rotatable bonds is 3. The Morgan fingerprint density at radius 2 is 1.96 bits per heavy atom. The van der Waals surface area contributed by atoms with Gasteiger partial charge in [0.15, 0.2) is 0 Å². The van der Waals surface area contributed by atoms with E-state index in [0.29, 0.717) is 25.4 Å². The maximum atomic E-state index is 12.9. The minimum absolute atomic E-state index is 0. The fraction of sp³-hybridized carbons (Fsp3) is 0.579. The van der Waals surface area contributed by atoms with Crippen LogP contribution >= 0.6 is 12.4 Å². The van der Waals surface area contributed by atoms with Gasteiger partial charge in [-0.2, -0.15) is 0 Å². The van der Waals surface area contributed by atoms with Gasteiger partial charge in [-0.25, -0.2) is 0 Å². The molecular weight excluding hydrogens is 338 g/mol. The number of hydrogen-bond donors (Lipinski definition) is 1. The molecule has 2 heterocycles. The number of nitrogens with two attached hydrogens (primary N) is 1. The average Bonchev–Trinajstić information content (AvgIpc) is 2.96. The maximum absolute atomic E-state index is 12.9. The standard InChI is InChI=1S/C19H27N3O2.ClH/c1-13-9-15(11-20)12-22(13)19(24)10-18-17-6-4-3-5-16(17)7-8-21(18)14(2)23;/h3-6,13,15,18H,7-12,20H2,1-2H3;1H. The van der Waals surface area contributed by atoms with Crippen LogP contribution in [0.2, 0.25) is 0 Å². The number of carbonyl (C=O) groups excluding carboxylic acids is 2. The molecule has 2 aliphatic rings. The van der Waals surface area contributed by atoms with Crippen molar-refractivity contribution in [3.05, 3.63) is 35.4 Å². The van der Waals surface area contributed by atoms with E-state index in [4.69, 9.17) is 5.73 Å². The van der Waals surface area contributed by atoms with Gasteiger partial charge in [0.1, 0.15) is 0 Å². The number of nitrogens with zero attached hydrogens (tertiary/aromatic N) is 2. The van der Waals surface area contributed by atoms with Crippen LogP contribution in [0.1, 0.15) is 43.9 Å². The van der Waals surface area contributed by atoms with Crippen LogP contribution in [0.25, 0.3) is 0 Å². The molecular formula is C19H28ClN3O2. The zero-order valence-corrected chi connectivity index (χ0v) is 15.8. The molecule has 2 N–H and O–H groups in total. The van der Waals surface area contributed by atoms with Crippen molar-refractivity contribution in [2.45, 2.75) is 45.2 Å². The van der Waals surface area contributed by atoms with Gasteiger partial charge in [-0.3, -0.25) is 9.59 Å². The summed E-state index contributed by atoms with van der Waals surface area (Å²) in [6.45, 7) is 5.73.